The second kappa shape index (κ2) is 7.16. The van der Waals surface area contributed by atoms with Crippen molar-refractivity contribution in [3.8, 4) is 6.07 Å². The van der Waals surface area contributed by atoms with E-state index in [0.29, 0.717) is 11.4 Å². The molecule has 0 radical (unpaired) electrons. The summed E-state index contributed by atoms with van der Waals surface area (Å²) < 4.78 is 29.2. The highest BCUT2D eigenvalue weighted by Gasteiger charge is 2.31. The lowest BCUT2D eigenvalue weighted by Crippen LogP contribution is -2.31. The van der Waals surface area contributed by atoms with Crippen molar-refractivity contribution >= 4 is 10.0 Å². The zero-order valence-corrected chi connectivity index (χ0v) is 15.2. The molecule has 128 valence electrons. The van der Waals surface area contributed by atoms with E-state index in [2.05, 4.69) is 5.10 Å². The van der Waals surface area contributed by atoms with Gasteiger partial charge >= 0.3 is 0 Å². The summed E-state index contributed by atoms with van der Waals surface area (Å²) in [6, 6.07) is 11.3. The maximum absolute atomic E-state index is 13.1. The summed E-state index contributed by atoms with van der Waals surface area (Å²) >= 11 is 0. The number of hydrogen-bond donors (Lipinski definition) is 0. The molecule has 0 aliphatic heterocycles. The van der Waals surface area contributed by atoms with Crippen molar-refractivity contribution in [2.24, 2.45) is 0 Å². The molecule has 0 aliphatic carbocycles. The lowest BCUT2D eigenvalue weighted by molar-refractivity contribution is 0.440. The minimum Gasteiger partial charge on any atom is -0.266 e. The fourth-order valence-electron chi connectivity index (χ4n) is 2.74. The summed E-state index contributed by atoms with van der Waals surface area (Å²) in [6.07, 6.45) is 0. The van der Waals surface area contributed by atoms with Crippen molar-refractivity contribution in [2.45, 2.75) is 45.2 Å². The number of aryl methyl sites for hydroxylation is 1. The monoisotopic (exact) mass is 346 g/mol. The Kier molecular flexibility index (Phi) is 5.42. The van der Waals surface area contributed by atoms with Gasteiger partial charge in [0.15, 0.2) is 0 Å². The molecule has 6 nitrogen and oxygen atoms in total. The van der Waals surface area contributed by atoms with Crippen LogP contribution in [0.5, 0.6) is 0 Å². The molecule has 0 saturated heterocycles. The van der Waals surface area contributed by atoms with Gasteiger partial charge in [0.25, 0.3) is 0 Å². The van der Waals surface area contributed by atoms with Gasteiger partial charge < -0.3 is 0 Å². The Labute approximate surface area is 143 Å². The fraction of sp³-hybridized carbons (Fsp3) is 0.412. The highest BCUT2D eigenvalue weighted by Crippen LogP contribution is 2.26. The van der Waals surface area contributed by atoms with Crippen molar-refractivity contribution in [1.82, 2.24) is 14.1 Å². The largest absolute Gasteiger partial charge is 0.266 e. The third-order valence-electron chi connectivity index (χ3n) is 3.79. The topological polar surface area (TPSA) is 79.0 Å². The molecule has 0 atom stereocenters. The minimum atomic E-state index is -3.81. The van der Waals surface area contributed by atoms with Gasteiger partial charge in [0.1, 0.15) is 11.4 Å². The third kappa shape index (κ3) is 3.50. The number of nitrogens with zero attached hydrogens (tertiary/aromatic N) is 4. The van der Waals surface area contributed by atoms with Gasteiger partial charge in [-0.3, -0.25) is 4.68 Å². The van der Waals surface area contributed by atoms with Gasteiger partial charge in [-0.05, 0) is 33.3 Å². The molecule has 1 heterocycles. The summed E-state index contributed by atoms with van der Waals surface area (Å²) in [7, 11) is -3.81. The maximum Gasteiger partial charge on any atom is 0.247 e. The molecule has 24 heavy (non-hydrogen) atoms. The van der Waals surface area contributed by atoms with Crippen LogP contribution in [0.3, 0.4) is 0 Å². The molecule has 0 saturated carbocycles. The first-order valence-electron chi connectivity index (χ1n) is 7.75. The molecule has 0 bridgehead atoms. The van der Waals surface area contributed by atoms with Gasteiger partial charge in [0.2, 0.25) is 10.0 Å². The van der Waals surface area contributed by atoms with Crippen LogP contribution in [0.1, 0.15) is 36.8 Å². The minimum absolute atomic E-state index is 0.0613. The Morgan fingerprint density at radius 3 is 2.38 bits per heavy atom. The van der Waals surface area contributed by atoms with Crippen LogP contribution in [0, 0.1) is 25.2 Å². The molecule has 0 fully saturated rings. The van der Waals surface area contributed by atoms with E-state index in [1.54, 1.807) is 18.5 Å². The van der Waals surface area contributed by atoms with Crippen LogP contribution < -0.4 is 0 Å². The van der Waals surface area contributed by atoms with Crippen LogP contribution in [0.4, 0.5) is 0 Å². The van der Waals surface area contributed by atoms with Crippen molar-refractivity contribution in [3.63, 3.8) is 0 Å². The second-order valence-corrected chi connectivity index (χ2v) is 7.83. The summed E-state index contributed by atoms with van der Waals surface area (Å²) in [4.78, 5) is 0.197. The number of aromatic nitrogens is 2. The lowest BCUT2D eigenvalue weighted by atomic mass is 10.2. The van der Waals surface area contributed by atoms with Crippen molar-refractivity contribution in [1.29, 1.82) is 5.26 Å². The Hall–Kier alpha value is -2.17. The average Bonchev–Trinajstić information content (AvgIpc) is 2.83. The van der Waals surface area contributed by atoms with Gasteiger partial charge in [0, 0.05) is 12.6 Å². The van der Waals surface area contributed by atoms with Crippen LogP contribution in [0.2, 0.25) is 0 Å². The zero-order chi connectivity index (χ0) is 17.9. The summed E-state index contributed by atoms with van der Waals surface area (Å²) in [5.74, 6) is 0. The van der Waals surface area contributed by atoms with E-state index in [9.17, 15) is 8.42 Å². The Morgan fingerprint density at radius 2 is 1.88 bits per heavy atom. The van der Waals surface area contributed by atoms with Crippen LogP contribution >= 0.6 is 0 Å². The molecule has 1 aromatic heterocycles. The van der Waals surface area contributed by atoms with Gasteiger partial charge in [-0.1, -0.05) is 30.3 Å². The van der Waals surface area contributed by atoms with Gasteiger partial charge in [0.05, 0.1) is 17.5 Å². The molecule has 0 amide bonds. The standard InChI is InChI=1S/C17H22N4O2S/c1-13(2)21-15(4)17(14(3)19-21)24(22,23)20(11-10-18)12-16-8-6-5-7-9-16/h5-9,13H,11-12H2,1-4H3. The molecule has 0 aliphatic rings. The van der Waals surface area contributed by atoms with Crippen molar-refractivity contribution in [2.75, 3.05) is 6.54 Å². The SMILES string of the molecule is Cc1nn(C(C)C)c(C)c1S(=O)(=O)N(CC#N)Cc1ccccc1. The highest BCUT2D eigenvalue weighted by atomic mass is 32.2. The van der Waals surface area contributed by atoms with E-state index >= 15 is 0 Å². The lowest BCUT2D eigenvalue weighted by Gasteiger charge is -2.20. The molecule has 2 rings (SSSR count). The molecule has 0 N–H and O–H groups in total. The number of hydrogen-bond acceptors (Lipinski definition) is 4. The van der Waals surface area contributed by atoms with Crippen LogP contribution in [0.25, 0.3) is 0 Å². The van der Waals surface area contributed by atoms with Crippen molar-refractivity contribution < 1.29 is 8.42 Å². The van der Waals surface area contributed by atoms with E-state index in [-0.39, 0.29) is 24.0 Å². The van der Waals surface area contributed by atoms with E-state index in [4.69, 9.17) is 5.26 Å². The van der Waals surface area contributed by atoms with E-state index in [1.807, 2.05) is 50.2 Å². The van der Waals surface area contributed by atoms with Crippen LogP contribution in [-0.2, 0) is 16.6 Å². The quantitative estimate of drug-likeness (QED) is 0.753. The van der Waals surface area contributed by atoms with Gasteiger partial charge in [-0.2, -0.15) is 14.7 Å². The first kappa shape index (κ1) is 18.2. The normalized spacial score (nSPS) is 11.9. The van der Waals surface area contributed by atoms with Gasteiger partial charge in [-0.15, -0.1) is 0 Å². The average molecular weight is 346 g/mol. The smallest absolute Gasteiger partial charge is 0.247 e. The number of sulfonamides is 1. The van der Waals surface area contributed by atoms with E-state index < -0.39 is 10.0 Å². The maximum atomic E-state index is 13.1. The number of rotatable bonds is 6. The Morgan fingerprint density at radius 1 is 1.25 bits per heavy atom. The number of benzene rings is 1. The molecule has 1 aromatic carbocycles. The van der Waals surface area contributed by atoms with E-state index in [0.717, 1.165) is 5.56 Å². The molecule has 0 spiro atoms. The second-order valence-electron chi connectivity index (χ2n) is 5.96. The van der Waals surface area contributed by atoms with E-state index in [1.165, 1.54) is 4.31 Å². The molecule has 2 aromatic rings. The Bertz CT molecular complexity index is 849. The predicted molar refractivity (Wildman–Crippen MR) is 91.7 cm³/mol. The molecule has 0 unspecified atom stereocenters. The highest BCUT2D eigenvalue weighted by molar-refractivity contribution is 7.89. The zero-order valence-electron chi connectivity index (χ0n) is 14.4. The first-order valence-corrected chi connectivity index (χ1v) is 9.19. The third-order valence-corrected chi connectivity index (χ3v) is 5.84. The fourth-order valence-corrected chi connectivity index (χ4v) is 4.43. The van der Waals surface area contributed by atoms with Crippen molar-refractivity contribution in [3.05, 3.63) is 47.3 Å². The molecule has 7 heteroatoms. The summed E-state index contributed by atoms with van der Waals surface area (Å²) in [6.45, 7) is 7.29. The Balaban J connectivity index is 2.48. The summed E-state index contributed by atoms with van der Waals surface area (Å²) in [5.41, 5.74) is 1.89. The first-order chi connectivity index (χ1) is 11.3. The predicted octanol–water partition coefficient (Wildman–Crippen LogP) is 2.80. The van der Waals surface area contributed by atoms with Crippen LogP contribution in [0.15, 0.2) is 35.2 Å². The van der Waals surface area contributed by atoms with Gasteiger partial charge in [-0.25, -0.2) is 8.42 Å². The molecular weight excluding hydrogens is 324 g/mol. The van der Waals surface area contributed by atoms with Crippen LogP contribution in [-0.4, -0.2) is 29.0 Å². The number of nitriles is 1. The molecular formula is C17H22N4O2S. The summed E-state index contributed by atoms with van der Waals surface area (Å²) in [5, 5.41) is 13.4.